The van der Waals surface area contributed by atoms with E-state index >= 15 is 0 Å². The van der Waals surface area contributed by atoms with E-state index < -0.39 is 0 Å². The average molecular weight is 303 g/mol. The SMILES string of the molecule is CCCC(CCC)n1c(=O)n(CC(=O)NC)c2ccccc21. The van der Waals surface area contributed by atoms with Gasteiger partial charge in [-0.2, -0.15) is 0 Å². The van der Waals surface area contributed by atoms with Gasteiger partial charge in [-0.15, -0.1) is 0 Å². The summed E-state index contributed by atoms with van der Waals surface area (Å²) in [7, 11) is 1.59. The molecule has 1 aromatic heterocycles. The molecular formula is C17H25N3O2. The number of hydrogen-bond donors (Lipinski definition) is 1. The number of carbonyl (C=O) groups is 1. The fourth-order valence-corrected chi connectivity index (χ4v) is 3.03. The van der Waals surface area contributed by atoms with Gasteiger partial charge in [0.1, 0.15) is 6.54 Å². The van der Waals surface area contributed by atoms with Gasteiger partial charge in [0.2, 0.25) is 5.91 Å². The minimum Gasteiger partial charge on any atom is -0.358 e. The number of fused-ring (bicyclic) bond motifs is 1. The average Bonchev–Trinajstić information content (AvgIpc) is 2.79. The molecule has 2 aromatic rings. The number of benzene rings is 1. The van der Waals surface area contributed by atoms with Gasteiger partial charge in [0.25, 0.3) is 0 Å². The summed E-state index contributed by atoms with van der Waals surface area (Å²) >= 11 is 0. The highest BCUT2D eigenvalue weighted by atomic mass is 16.2. The number of carbonyl (C=O) groups excluding carboxylic acids is 1. The van der Waals surface area contributed by atoms with Crippen LogP contribution in [0.15, 0.2) is 29.1 Å². The van der Waals surface area contributed by atoms with Crippen LogP contribution in [0.3, 0.4) is 0 Å². The lowest BCUT2D eigenvalue weighted by atomic mass is 10.1. The summed E-state index contributed by atoms with van der Waals surface area (Å²) in [6, 6.07) is 7.91. The highest BCUT2D eigenvalue weighted by Gasteiger charge is 2.20. The zero-order valence-electron chi connectivity index (χ0n) is 13.6. The van der Waals surface area contributed by atoms with Crippen LogP contribution in [-0.4, -0.2) is 22.1 Å². The Labute approximate surface area is 130 Å². The Balaban J connectivity index is 2.60. The Morgan fingerprint density at radius 2 is 1.73 bits per heavy atom. The molecule has 0 bridgehead atoms. The molecular weight excluding hydrogens is 278 g/mol. The van der Waals surface area contributed by atoms with Crippen LogP contribution in [0.2, 0.25) is 0 Å². The summed E-state index contributed by atoms with van der Waals surface area (Å²) in [5.41, 5.74) is 1.66. The van der Waals surface area contributed by atoms with E-state index in [2.05, 4.69) is 19.2 Å². The number of para-hydroxylation sites is 2. The first-order chi connectivity index (χ1) is 10.6. The molecule has 0 aliphatic carbocycles. The van der Waals surface area contributed by atoms with Crippen molar-refractivity contribution in [3.8, 4) is 0 Å². The quantitative estimate of drug-likeness (QED) is 0.855. The Bertz CT molecular complexity index is 693. The van der Waals surface area contributed by atoms with Crippen LogP contribution in [0, 0.1) is 0 Å². The van der Waals surface area contributed by atoms with Crippen molar-refractivity contribution in [2.75, 3.05) is 7.05 Å². The van der Waals surface area contributed by atoms with Crippen molar-refractivity contribution in [1.29, 1.82) is 0 Å². The molecule has 0 spiro atoms. The molecule has 22 heavy (non-hydrogen) atoms. The second-order valence-electron chi connectivity index (χ2n) is 5.63. The molecule has 1 aromatic carbocycles. The molecule has 0 unspecified atom stereocenters. The van der Waals surface area contributed by atoms with Crippen molar-refractivity contribution in [3.63, 3.8) is 0 Å². The standard InChI is InChI=1S/C17H25N3O2/c1-4-8-13(9-5-2)20-15-11-7-6-10-14(15)19(17(20)22)12-16(21)18-3/h6-7,10-11,13H,4-5,8-9,12H2,1-3H3,(H,18,21). The maximum absolute atomic E-state index is 12.9. The number of amides is 1. The first kappa shape index (κ1) is 16.3. The molecule has 0 aliphatic heterocycles. The fourth-order valence-electron chi connectivity index (χ4n) is 3.03. The van der Waals surface area contributed by atoms with E-state index in [4.69, 9.17) is 0 Å². The summed E-state index contributed by atoms with van der Waals surface area (Å²) in [5.74, 6) is -0.160. The van der Waals surface area contributed by atoms with E-state index in [9.17, 15) is 9.59 Å². The van der Waals surface area contributed by atoms with Gasteiger partial charge in [0, 0.05) is 13.1 Å². The van der Waals surface area contributed by atoms with Gasteiger partial charge in [0.15, 0.2) is 0 Å². The van der Waals surface area contributed by atoms with Gasteiger partial charge in [0.05, 0.1) is 11.0 Å². The first-order valence-corrected chi connectivity index (χ1v) is 8.04. The van der Waals surface area contributed by atoms with Crippen LogP contribution >= 0.6 is 0 Å². The predicted molar refractivity (Wildman–Crippen MR) is 89.1 cm³/mol. The van der Waals surface area contributed by atoms with Crippen molar-refractivity contribution >= 4 is 16.9 Å². The van der Waals surface area contributed by atoms with Crippen LogP contribution in [0.25, 0.3) is 11.0 Å². The van der Waals surface area contributed by atoms with E-state index in [1.165, 1.54) is 0 Å². The minimum atomic E-state index is -0.160. The Kier molecular flexibility index (Phi) is 5.41. The molecule has 0 fully saturated rings. The zero-order chi connectivity index (χ0) is 16.1. The number of nitrogens with one attached hydrogen (secondary N) is 1. The molecule has 120 valence electrons. The van der Waals surface area contributed by atoms with E-state index in [-0.39, 0.29) is 24.2 Å². The van der Waals surface area contributed by atoms with E-state index in [0.717, 1.165) is 36.7 Å². The maximum Gasteiger partial charge on any atom is 0.329 e. The van der Waals surface area contributed by atoms with Crippen molar-refractivity contribution in [2.45, 2.75) is 52.1 Å². The molecule has 1 N–H and O–H groups in total. The summed E-state index contributed by atoms with van der Waals surface area (Å²) in [5, 5.41) is 2.59. The summed E-state index contributed by atoms with van der Waals surface area (Å²) in [6.45, 7) is 4.34. The third kappa shape index (κ3) is 3.08. The maximum atomic E-state index is 12.9. The van der Waals surface area contributed by atoms with E-state index in [1.54, 1.807) is 11.6 Å². The zero-order valence-corrected chi connectivity index (χ0v) is 13.6. The molecule has 5 heteroatoms. The summed E-state index contributed by atoms with van der Waals surface area (Å²) in [4.78, 5) is 24.6. The summed E-state index contributed by atoms with van der Waals surface area (Å²) in [6.07, 6.45) is 4.02. The smallest absolute Gasteiger partial charge is 0.329 e. The van der Waals surface area contributed by atoms with Crippen molar-refractivity contribution < 1.29 is 4.79 Å². The normalized spacial score (nSPS) is 11.3. The first-order valence-electron chi connectivity index (χ1n) is 8.04. The highest BCUT2D eigenvalue weighted by molar-refractivity contribution is 5.80. The Morgan fingerprint density at radius 3 is 2.27 bits per heavy atom. The van der Waals surface area contributed by atoms with E-state index in [1.807, 2.05) is 28.8 Å². The molecule has 5 nitrogen and oxygen atoms in total. The molecule has 0 saturated heterocycles. The fraction of sp³-hybridized carbons (Fsp3) is 0.529. The van der Waals surface area contributed by atoms with Crippen LogP contribution in [0.4, 0.5) is 0 Å². The summed E-state index contributed by atoms with van der Waals surface area (Å²) < 4.78 is 3.46. The number of hydrogen-bond acceptors (Lipinski definition) is 2. The lowest BCUT2D eigenvalue weighted by Crippen LogP contribution is -2.32. The molecule has 1 heterocycles. The lowest BCUT2D eigenvalue weighted by molar-refractivity contribution is -0.121. The number of nitrogens with zero attached hydrogens (tertiary/aromatic N) is 2. The van der Waals surface area contributed by atoms with Crippen LogP contribution in [0.1, 0.15) is 45.6 Å². The topological polar surface area (TPSA) is 56.0 Å². The second kappa shape index (κ2) is 7.29. The molecule has 0 atom stereocenters. The highest BCUT2D eigenvalue weighted by Crippen LogP contribution is 2.24. The molecule has 2 rings (SSSR count). The van der Waals surface area contributed by atoms with Gasteiger partial charge in [-0.25, -0.2) is 4.79 Å². The molecule has 1 amide bonds. The molecule has 0 radical (unpaired) electrons. The Hall–Kier alpha value is -2.04. The van der Waals surface area contributed by atoms with Crippen molar-refractivity contribution in [2.24, 2.45) is 0 Å². The van der Waals surface area contributed by atoms with Crippen molar-refractivity contribution in [3.05, 3.63) is 34.7 Å². The molecule has 0 saturated carbocycles. The number of aromatic nitrogens is 2. The lowest BCUT2D eigenvalue weighted by Gasteiger charge is -2.17. The van der Waals surface area contributed by atoms with Crippen molar-refractivity contribution in [1.82, 2.24) is 14.5 Å². The van der Waals surface area contributed by atoms with Gasteiger partial charge in [-0.05, 0) is 25.0 Å². The van der Waals surface area contributed by atoms with Gasteiger partial charge < -0.3 is 5.32 Å². The Morgan fingerprint density at radius 1 is 1.14 bits per heavy atom. The second-order valence-corrected chi connectivity index (χ2v) is 5.63. The van der Waals surface area contributed by atoms with Crippen LogP contribution in [-0.2, 0) is 11.3 Å². The largest absolute Gasteiger partial charge is 0.358 e. The third-order valence-corrected chi connectivity index (χ3v) is 4.06. The number of rotatable bonds is 7. The van der Waals surface area contributed by atoms with Crippen LogP contribution in [0.5, 0.6) is 0 Å². The number of likely N-dealkylation sites (N-methyl/N-ethyl adjacent to an activating group) is 1. The van der Waals surface area contributed by atoms with E-state index in [0.29, 0.717) is 0 Å². The van der Waals surface area contributed by atoms with Crippen LogP contribution < -0.4 is 11.0 Å². The number of imidazole rings is 1. The van der Waals surface area contributed by atoms with Gasteiger partial charge in [-0.1, -0.05) is 38.8 Å². The minimum absolute atomic E-state index is 0.0633. The predicted octanol–water partition coefficient (Wildman–Crippen LogP) is 2.69. The monoisotopic (exact) mass is 303 g/mol. The third-order valence-electron chi connectivity index (χ3n) is 4.06. The van der Waals surface area contributed by atoms with Gasteiger partial charge >= 0.3 is 5.69 Å². The van der Waals surface area contributed by atoms with Gasteiger partial charge in [-0.3, -0.25) is 13.9 Å². The molecule has 0 aliphatic rings.